The Balaban J connectivity index is 2.09. The molecule has 2 nitrogen and oxygen atoms in total. The third-order valence-corrected chi connectivity index (χ3v) is 4.21. The highest BCUT2D eigenvalue weighted by molar-refractivity contribution is 8.00. The van der Waals surface area contributed by atoms with Gasteiger partial charge in [-0.15, -0.1) is 0 Å². The summed E-state index contributed by atoms with van der Waals surface area (Å²) in [6.45, 7) is 2.91. The van der Waals surface area contributed by atoms with E-state index in [0.29, 0.717) is 6.42 Å². The fraction of sp³-hybridized carbons (Fsp3) is 0.571. The standard InChI is InChI=1S/C14H18F4N2S/c15-6-5-13(20-9-7-19-8-10-20)11-1-3-12(4-2-11)21-14(16,17)18/h1-4,13,19H,5-10H2/t13-/m0/s1. The highest BCUT2D eigenvalue weighted by atomic mass is 32.2. The largest absolute Gasteiger partial charge is 0.446 e. The Labute approximate surface area is 125 Å². The highest BCUT2D eigenvalue weighted by Gasteiger charge is 2.29. The van der Waals surface area contributed by atoms with Gasteiger partial charge in [0, 0.05) is 37.1 Å². The van der Waals surface area contributed by atoms with E-state index in [9.17, 15) is 17.6 Å². The van der Waals surface area contributed by atoms with Crippen molar-refractivity contribution in [3.8, 4) is 0 Å². The van der Waals surface area contributed by atoms with Gasteiger partial charge in [-0.25, -0.2) is 0 Å². The van der Waals surface area contributed by atoms with E-state index in [1.54, 1.807) is 12.1 Å². The molecule has 1 fully saturated rings. The molecule has 0 radical (unpaired) electrons. The molecule has 0 amide bonds. The van der Waals surface area contributed by atoms with Crippen molar-refractivity contribution >= 4 is 11.8 Å². The molecule has 7 heteroatoms. The van der Waals surface area contributed by atoms with Crippen molar-refractivity contribution in [3.63, 3.8) is 0 Å². The van der Waals surface area contributed by atoms with E-state index >= 15 is 0 Å². The lowest BCUT2D eigenvalue weighted by Crippen LogP contribution is -2.45. The van der Waals surface area contributed by atoms with Crippen LogP contribution in [-0.2, 0) is 0 Å². The molecular formula is C14H18F4N2S. The first kappa shape index (κ1) is 16.6. The lowest BCUT2D eigenvalue weighted by Gasteiger charge is -2.35. The number of rotatable bonds is 5. The molecule has 0 spiro atoms. The summed E-state index contributed by atoms with van der Waals surface area (Å²) in [6.07, 6.45) is 0.367. The second kappa shape index (κ2) is 7.47. The van der Waals surface area contributed by atoms with Crippen molar-refractivity contribution < 1.29 is 17.6 Å². The smallest absolute Gasteiger partial charge is 0.314 e. The molecule has 0 bridgehead atoms. The third-order valence-electron chi connectivity index (χ3n) is 3.47. The average molecular weight is 322 g/mol. The van der Waals surface area contributed by atoms with Gasteiger partial charge in [-0.2, -0.15) is 13.2 Å². The number of halogens is 4. The first-order valence-electron chi connectivity index (χ1n) is 6.86. The molecule has 1 saturated heterocycles. The zero-order chi connectivity index (χ0) is 15.3. The molecule has 1 heterocycles. The van der Waals surface area contributed by atoms with Crippen molar-refractivity contribution in [1.82, 2.24) is 10.2 Å². The monoisotopic (exact) mass is 322 g/mol. The van der Waals surface area contributed by atoms with Crippen molar-refractivity contribution in [2.24, 2.45) is 0 Å². The number of benzene rings is 1. The van der Waals surface area contributed by atoms with Gasteiger partial charge in [-0.05, 0) is 35.9 Å². The number of hydrogen-bond acceptors (Lipinski definition) is 3. The predicted molar refractivity (Wildman–Crippen MR) is 76.1 cm³/mol. The summed E-state index contributed by atoms with van der Waals surface area (Å²) in [4.78, 5) is 2.34. The summed E-state index contributed by atoms with van der Waals surface area (Å²) in [5, 5.41) is 3.23. The lowest BCUT2D eigenvalue weighted by atomic mass is 10.0. The van der Waals surface area contributed by atoms with Crippen LogP contribution in [0.15, 0.2) is 29.2 Å². The summed E-state index contributed by atoms with van der Waals surface area (Å²) < 4.78 is 49.7. The van der Waals surface area contributed by atoms with Crippen molar-refractivity contribution in [2.45, 2.75) is 22.9 Å². The predicted octanol–water partition coefficient (Wildman–Crippen LogP) is 3.60. The van der Waals surface area contributed by atoms with Gasteiger partial charge in [-0.1, -0.05) is 12.1 Å². The van der Waals surface area contributed by atoms with Gasteiger partial charge in [0.05, 0.1) is 6.67 Å². The number of piperazine rings is 1. The van der Waals surface area contributed by atoms with E-state index < -0.39 is 12.2 Å². The first-order chi connectivity index (χ1) is 9.99. The summed E-state index contributed by atoms with van der Waals surface area (Å²) in [6, 6.07) is 6.20. The summed E-state index contributed by atoms with van der Waals surface area (Å²) in [5.74, 6) is 0. The van der Waals surface area contributed by atoms with Crippen LogP contribution < -0.4 is 5.32 Å². The zero-order valence-electron chi connectivity index (χ0n) is 11.5. The normalized spacial score (nSPS) is 18.7. The molecule has 1 aliphatic heterocycles. The van der Waals surface area contributed by atoms with Crippen LogP contribution in [0.4, 0.5) is 17.6 Å². The van der Waals surface area contributed by atoms with Crippen LogP contribution in [0.25, 0.3) is 0 Å². The molecule has 1 aromatic rings. The third kappa shape index (κ3) is 5.16. The molecule has 0 aliphatic carbocycles. The molecule has 2 rings (SSSR count). The molecule has 0 saturated carbocycles. The van der Waals surface area contributed by atoms with E-state index in [4.69, 9.17) is 0 Å². The molecule has 1 atom stereocenters. The molecule has 118 valence electrons. The Morgan fingerprint density at radius 1 is 1.14 bits per heavy atom. The van der Waals surface area contributed by atoms with Gasteiger partial charge in [0.15, 0.2) is 0 Å². The second-order valence-corrected chi connectivity index (χ2v) is 6.03. The Morgan fingerprint density at radius 2 is 1.76 bits per heavy atom. The van der Waals surface area contributed by atoms with Crippen LogP contribution >= 0.6 is 11.8 Å². The highest BCUT2D eigenvalue weighted by Crippen LogP contribution is 2.37. The van der Waals surface area contributed by atoms with Gasteiger partial charge < -0.3 is 5.32 Å². The minimum Gasteiger partial charge on any atom is -0.314 e. The molecule has 1 aliphatic rings. The van der Waals surface area contributed by atoms with Crippen molar-refractivity contribution in [3.05, 3.63) is 29.8 Å². The second-order valence-electron chi connectivity index (χ2n) is 4.90. The SMILES string of the molecule is FCC[C@@H](c1ccc(SC(F)(F)F)cc1)N1CCNCC1. The van der Waals surface area contributed by atoms with E-state index in [0.717, 1.165) is 31.7 Å². The Kier molecular flexibility index (Phi) is 5.89. The average Bonchev–Trinajstić information content (AvgIpc) is 2.45. The van der Waals surface area contributed by atoms with Crippen molar-refractivity contribution in [1.29, 1.82) is 0 Å². The van der Waals surface area contributed by atoms with Crippen LogP contribution in [0, 0.1) is 0 Å². The Morgan fingerprint density at radius 3 is 2.29 bits per heavy atom. The number of alkyl halides is 4. The number of thioether (sulfide) groups is 1. The summed E-state index contributed by atoms with van der Waals surface area (Å²) >= 11 is -0.128. The van der Waals surface area contributed by atoms with Crippen LogP contribution in [0.2, 0.25) is 0 Å². The summed E-state index contributed by atoms with van der Waals surface area (Å²) in [5.41, 5.74) is -3.40. The minimum atomic E-state index is -4.28. The topological polar surface area (TPSA) is 15.3 Å². The van der Waals surface area contributed by atoms with E-state index in [1.165, 1.54) is 12.1 Å². The molecule has 21 heavy (non-hydrogen) atoms. The fourth-order valence-electron chi connectivity index (χ4n) is 2.55. The zero-order valence-corrected chi connectivity index (χ0v) is 12.3. The Hall–Kier alpha value is -0.790. The van der Waals surface area contributed by atoms with Gasteiger partial charge in [0.2, 0.25) is 0 Å². The van der Waals surface area contributed by atoms with Crippen LogP contribution in [-0.4, -0.2) is 43.3 Å². The minimum absolute atomic E-state index is 0.0676. The van der Waals surface area contributed by atoms with Crippen LogP contribution in [0.3, 0.4) is 0 Å². The molecule has 1 N–H and O–H groups in total. The van der Waals surface area contributed by atoms with Gasteiger partial charge in [0.25, 0.3) is 0 Å². The van der Waals surface area contributed by atoms with E-state index in [1.807, 2.05) is 0 Å². The molecular weight excluding hydrogens is 304 g/mol. The summed E-state index contributed by atoms with van der Waals surface area (Å²) in [7, 11) is 0. The number of nitrogens with one attached hydrogen (secondary N) is 1. The molecule has 0 aromatic heterocycles. The van der Waals surface area contributed by atoms with Gasteiger partial charge in [-0.3, -0.25) is 9.29 Å². The quantitative estimate of drug-likeness (QED) is 0.659. The fourth-order valence-corrected chi connectivity index (χ4v) is 3.09. The van der Waals surface area contributed by atoms with Crippen LogP contribution in [0.1, 0.15) is 18.0 Å². The van der Waals surface area contributed by atoms with E-state index in [-0.39, 0.29) is 22.7 Å². The maximum absolute atomic E-state index is 12.8. The molecule has 1 aromatic carbocycles. The number of hydrogen-bond donors (Lipinski definition) is 1. The van der Waals surface area contributed by atoms with E-state index in [2.05, 4.69) is 10.2 Å². The van der Waals surface area contributed by atoms with Crippen molar-refractivity contribution in [2.75, 3.05) is 32.9 Å². The number of nitrogens with zero attached hydrogens (tertiary/aromatic N) is 1. The molecule has 0 unspecified atom stereocenters. The first-order valence-corrected chi connectivity index (χ1v) is 7.68. The maximum atomic E-state index is 12.8. The van der Waals surface area contributed by atoms with Crippen LogP contribution in [0.5, 0.6) is 0 Å². The Bertz CT molecular complexity index is 430. The van der Waals surface area contributed by atoms with Gasteiger partial charge in [0.1, 0.15) is 0 Å². The lowest BCUT2D eigenvalue weighted by molar-refractivity contribution is -0.0328. The van der Waals surface area contributed by atoms with Gasteiger partial charge >= 0.3 is 5.51 Å². The maximum Gasteiger partial charge on any atom is 0.446 e.